The lowest BCUT2D eigenvalue weighted by Crippen LogP contribution is -2.47. The molecule has 0 aliphatic carbocycles. The summed E-state index contributed by atoms with van der Waals surface area (Å²) < 4.78 is 18.8. The maximum atomic E-state index is 13.6. The molecule has 0 radical (unpaired) electrons. The quantitative estimate of drug-likeness (QED) is 0.532. The van der Waals surface area contributed by atoms with E-state index in [1.165, 1.54) is 25.1 Å². The molecule has 30 heavy (non-hydrogen) atoms. The van der Waals surface area contributed by atoms with Gasteiger partial charge in [-0.1, -0.05) is 24.3 Å². The molecule has 2 N–H and O–H groups in total. The first-order valence-corrected chi connectivity index (χ1v) is 9.33. The third-order valence-electron chi connectivity index (χ3n) is 4.50. The van der Waals surface area contributed by atoms with Gasteiger partial charge >= 0.3 is 0 Å². The van der Waals surface area contributed by atoms with E-state index in [0.29, 0.717) is 11.1 Å². The van der Waals surface area contributed by atoms with Crippen LogP contribution in [-0.2, 0) is 9.59 Å². The first-order valence-electron chi connectivity index (χ1n) is 9.33. The number of hydrogen-bond donors (Lipinski definition) is 2. The number of carbonyl (C=O) groups is 4. The van der Waals surface area contributed by atoms with Gasteiger partial charge in [-0.2, -0.15) is 0 Å². The van der Waals surface area contributed by atoms with E-state index in [2.05, 4.69) is 10.9 Å². The number of rotatable bonds is 7. The number of para-hydroxylation sites is 1. The molecule has 2 aromatic rings. The van der Waals surface area contributed by atoms with E-state index in [1.54, 1.807) is 30.3 Å². The van der Waals surface area contributed by atoms with Gasteiger partial charge in [0.05, 0.1) is 11.1 Å². The maximum absolute atomic E-state index is 13.6. The second-order valence-corrected chi connectivity index (χ2v) is 6.64. The molecule has 1 atom stereocenters. The van der Waals surface area contributed by atoms with Crippen molar-refractivity contribution >= 4 is 23.6 Å². The average Bonchev–Trinajstić information content (AvgIpc) is 2.98. The second kappa shape index (κ2) is 9.17. The lowest BCUT2D eigenvalue weighted by molar-refractivity contribution is -0.132. The summed E-state index contributed by atoms with van der Waals surface area (Å²) in [4.78, 5) is 49.5. The number of halogens is 1. The number of imide groups is 1. The molecule has 0 saturated carbocycles. The van der Waals surface area contributed by atoms with Crippen LogP contribution in [0.4, 0.5) is 4.39 Å². The van der Waals surface area contributed by atoms with Gasteiger partial charge in [-0.3, -0.25) is 34.9 Å². The van der Waals surface area contributed by atoms with E-state index in [1.807, 2.05) is 0 Å². The highest BCUT2D eigenvalue weighted by Gasteiger charge is 2.34. The number of hydrogen-bond acceptors (Lipinski definition) is 5. The van der Waals surface area contributed by atoms with Gasteiger partial charge in [-0.05, 0) is 37.6 Å². The number of carbonyl (C=O) groups excluding carboxylic acids is 4. The zero-order valence-electron chi connectivity index (χ0n) is 16.2. The summed E-state index contributed by atoms with van der Waals surface area (Å²) in [7, 11) is 0. The minimum atomic E-state index is -1.04. The van der Waals surface area contributed by atoms with Crippen LogP contribution in [-0.4, -0.2) is 41.2 Å². The average molecular weight is 413 g/mol. The van der Waals surface area contributed by atoms with Crippen LogP contribution in [0.1, 0.15) is 40.5 Å². The monoisotopic (exact) mass is 413 g/mol. The van der Waals surface area contributed by atoms with Crippen molar-refractivity contribution in [2.24, 2.45) is 0 Å². The minimum Gasteiger partial charge on any atom is -0.478 e. The highest BCUT2D eigenvalue weighted by Crippen LogP contribution is 2.22. The summed E-state index contributed by atoms with van der Waals surface area (Å²) in [5.41, 5.74) is 5.13. The molecule has 0 spiro atoms. The molecule has 156 valence electrons. The Morgan fingerprint density at radius 2 is 1.60 bits per heavy atom. The Morgan fingerprint density at radius 1 is 1.00 bits per heavy atom. The first-order chi connectivity index (χ1) is 14.4. The summed E-state index contributed by atoms with van der Waals surface area (Å²) in [5, 5.41) is 0. The SMILES string of the molecule is CC(Oc1ccccc1F)C(=O)NNC(=O)CCCN1C(=O)c2ccccc2C1=O. The minimum absolute atomic E-state index is 0.0176. The molecular formula is C21H20FN3O5. The van der Waals surface area contributed by atoms with Crippen molar-refractivity contribution in [2.75, 3.05) is 6.54 Å². The van der Waals surface area contributed by atoms with Gasteiger partial charge in [0.1, 0.15) is 0 Å². The molecule has 1 heterocycles. The predicted molar refractivity (Wildman–Crippen MR) is 104 cm³/mol. The number of amides is 4. The molecule has 9 heteroatoms. The number of nitrogens with one attached hydrogen (secondary N) is 2. The lowest BCUT2D eigenvalue weighted by atomic mass is 10.1. The summed E-state index contributed by atoms with van der Waals surface area (Å²) in [6.07, 6.45) is -0.828. The van der Waals surface area contributed by atoms with Gasteiger partial charge in [0.25, 0.3) is 17.7 Å². The Bertz CT molecular complexity index is 959. The van der Waals surface area contributed by atoms with E-state index in [-0.39, 0.29) is 37.0 Å². The fraction of sp³-hybridized carbons (Fsp3) is 0.238. The Morgan fingerprint density at radius 3 is 2.23 bits per heavy atom. The fourth-order valence-corrected chi connectivity index (χ4v) is 2.92. The molecule has 4 amide bonds. The molecule has 1 aliphatic heterocycles. The molecule has 2 aromatic carbocycles. The fourth-order valence-electron chi connectivity index (χ4n) is 2.92. The van der Waals surface area contributed by atoms with Crippen molar-refractivity contribution in [1.29, 1.82) is 0 Å². The number of fused-ring (bicyclic) bond motifs is 1. The molecule has 8 nitrogen and oxygen atoms in total. The van der Waals surface area contributed by atoms with Crippen LogP contribution in [0.15, 0.2) is 48.5 Å². The van der Waals surface area contributed by atoms with Crippen LogP contribution >= 0.6 is 0 Å². The van der Waals surface area contributed by atoms with Crippen LogP contribution in [0.3, 0.4) is 0 Å². The molecular weight excluding hydrogens is 393 g/mol. The van der Waals surface area contributed by atoms with Crippen molar-refractivity contribution < 1.29 is 28.3 Å². The topological polar surface area (TPSA) is 105 Å². The van der Waals surface area contributed by atoms with Crippen LogP contribution in [0.2, 0.25) is 0 Å². The second-order valence-electron chi connectivity index (χ2n) is 6.64. The smallest absolute Gasteiger partial charge is 0.279 e. The number of hydrazine groups is 1. The van der Waals surface area contributed by atoms with Gasteiger partial charge in [-0.25, -0.2) is 4.39 Å². The van der Waals surface area contributed by atoms with Gasteiger partial charge in [0.2, 0.25) is 5.91 Å². The van der Waals surface area contributed by atoms with Crippen molar-refractivity contribution in [2.45, 2.75) is 25.9 Å². The lowest BCUT2D eigenvalue weighted by Gasteiger charge is -2.16. The van der Waals surface area contributed by atoms with Crippen LogP contribution in [0.5, 0.6) is 5.75 Å². The molecule has 0 bridgehead atoms. The van der Waals surface area contributed by atoms with Crippen molar-refractivity contribution in [3.05, 3.63) is 65.5 Å². The number of ether oxygens (including phenoxy) is 1. The molecule has 0 aromatic heterocycles. The first kappa shape index (κ1) is 21.0. The third kappa shape index (κ3) is 4.62. The van der Waals surface area contributed by atoms with Crippen LogP contribution < -0.4 is 15.6 Å². The van der Waals surface area contributed by atoms with Gasteiger partial charge < -0.3 is 4.74 Å². The molecule has 0 fully saturated rings. The van der Waals surface area contributed by atoms with Crippen LogP contribution in [0, 0.1) is 5.82 Å². The Balaban J connectivity index is 1.40. The summed E-state index contributed by atoms with van der Waals surface area (Å²) >= 11 is 0. The van der Waals surface area contributed by atoms with E-state index < -0.39 is 23.7 Å². The Labute approximate surface area is 172 Å². The highest BCUT2D eigenvalue weighted by atomic mass is 19.1. The summed E-state index contributed by atoms with van der Waals surface area (Å²) in [6, 6.07) is 12.2. The largest absolute Gasteiger partial charge is 0.478 e. The van der Waals surface area contributed by atoms with Crippen molar-refractivity contribution in [3.8, 4) is 5.75 Å². The predicted octanol–water partition coefficient (Wildman–Crippen LogP) is 1.82. The zero-order valence-corrected chi connectivity index (χ0v) is 16.2. The zero-order chi connectivity index (χ0) is 21.7. The van der Waals surface area contributed by atoms with E-state index in [4.69, 9.17) is 4.74 Å². The highest BCUT2D eigenvalue weighted by molar-refractivity contribution is 6.21. The van der Waals surface area contributed by atoms with E-state index in [0.717, 1.165) is 4.90 Å². The van der Waals surface area contributed by atoms with Crippen LogP contribution in [0.25, 0.3) is 0 Å². The molecule has 1 aliphatic rings. The third-order valence-corrected chi connectivity index (χ3v) is 4.50. The van der Waals surface area contributed by atoms with Gasteiger partial charge in [0.15, 0.2) is 17.7 Å². The van der Waals surface area contributed by atoms with E-state index >= 15 is 0 Å². The Hall–Kier alpha value is -3.75. The van der Waals surface area contributed by atoms with E-state index in [9.17, 15) is 23.6 Å². The molecule has 3 rings (SSSR count). The molecule has 0 saturated heterocycles. The number of nitrogens with zero attached hydrogens (tertiary/aromatic N) is 1. The Kier molecular flexibility index (Phi) is 6.41. The summed E-state index contributed by atoms with van der Waals surface area (Å²) in [6.45, 7) is 1.50. The van der Waals surface area contributed by atoms with Gasteiger partial charge in [0, 0.05) is 13.0 Å². The normalized spacial score (nSPS) is 13.6. The number of benzene rings is 2. The van der Waals surface area contributed by atoms with Crippen molar-refractivity contribution in [3.63, 3.8) is 0 Å². The maximum Gasteiger partial charge on any atom is 0.279 e. The van der Waals surface area contributed by atoms with Crippen molar-refractivity contribution in [1.82, 2.24) is 15.8 Å². The molecule has 1 unspecified atom stereocenters. The standard InChI is InChI=1S/C21H20FN3O5/c1-13(30-17-10-5-4-9-16(17)22)19(27)24-23-18(26)11-6-12-25-20(28)14-7-2-3-8-15(14)21(25)29/h2-5,7-10,13H,6,11-12H2,1H3,(H,23,26)(H,24,27). The summed E-state index contributed by atoms with van der Waals surface area (Å²) in [5.74, 6) is -2.61. The van der Waals surface area contributed by atoms with Gasteiger partial charge in [-0.15, -0.1) is 0 Å².